The van der Waals surface area contributed by atoms with Crippen LogP contribution in [0.1, 0.15) is 88.2 Å². The number of benzene rings is 1. The Bertz CT molecular complexity index is 959. The number of thioether (sulfide) groups is 1. The maximum absolute atomic E-state index is 11.5. The molecule has 5 nitrogen and oxygen atoms in total. The number of fused-ring (bicyclic) bond motifs is 1. The second-order valence-electron chi connectivity index (χ2n) is 7.07. The van der Waals surface area contributed by atoms with Gasteiger partial charge in [-0.1, -0.05) is 65.5 Å². The second-order valence-corrected chi connectivity index (χ2v) is 7.95. The minimum Gasteiger partial charge on any atom is -0.477 e. The molecule has 0 atom stereocenters. The van der Waals surface area contributed by atoms with Crippen LogP contribution in [0.4, 0.5) is 0 Å². The number of carboxylic acid groups (broad SMARTS) is 1. The van der Waals surface area contributed by atoms with E-state index in [2.05, 4.69) is 40.6 Å². The maximum atomic E-state index is 11.5. The van der Waals surface area contributed by atoms with Crippen LogP contribution in [0.25, 0.3) is 16.8 Å². The van der Waals surface area contributed by atoms with Crippen LogP contribution in [0.15, 0.2) is 41.6 Å². The highest BCUT2D eigenvalue weighted by Crippen LogP contribution is 2.37. The molecule has 1 aromatic carbocycles. The molecule has 1 aliphatic carbocycles. The fraction of sp³-hybridized carbons (Fsp3) is 0.480. The zero-order chi connectivity index (χ0) is 22.8. The summed E-state index contributed by atoms with van der Waals surface area (Å²) in [5.74, 6) is -0.615. The first-order valence-corrected chi connectivity index (χ1v) is 12.7. The molecule has 0 saturated heterocycles. The predicted octanol–water partition coefficient (Wildman–Crippen LogP) is 7.31. The fourth-order valence-corrected chi connectivity index (χ4v) is 4.45. The Balaban J connectivity index is 0.000000807. The van der Waals surface area contributed by atoms with Crippen molar-refractivity contribution in [1.82, 2.24) is 14.6 Å². The average molecular weight is 442 g/mol. The third-order valence-electron chi connectivity index (χ3n) is 5.44. The molecule has 2 heterocycles. The number of aromatic nitrogens is 3. The zero-order valence-corrected chi connectivity index (χ0v) is 20.2. The molecule has 0 amide bonds. The summed E-state index contributed by atoms with van der Waals surface area (Å²) in [4.78, 5) is 17.2. The van der Waals surface area contributed by atoms with Crippen molar-refractivity contribution in [2.75, 3.05) is 6.26 Å². The lowest BCUT2D eigenvalue weighted by atomic mass is 9.91. The largest absolute Gasteiger partial charge is 0.477 e. The molecule has 0 unspecified atom stereocenters. The van der Waals surface area contributed by atoms with Gasteiger partial charge >= 0.3 is 5.97 Å². The highest BCUT2D eigenvalue weighted by atomic mass is 32.2. The summed E-state index contributed by atoms with van der Waals surface area (Å²) in [7, 11) is 0. The number of carboxylic acids is 1. The Labute approximate surface area is 190 Å². The third-order valence-corrected chi connectivity index (χ3v) is 6.18. The highest BCUT2D eigenvalue weighted by Gasteiger charge is 2.24. The van der Waals surface area contributed by atoms with Crippen molar-refractivity contribution in [3.63, 3.8) is 0 Å². The molecule has 4 rings (SSSR count). The molecule has 0 aliphatic heterocycles. The summed E-state index contributed by atoms with van der Waals surface area (Å²) in [6.45, 7) is 8.00. The molecular formula is C25H35N3O2S. The van der Waals surface area contributed by atoms with Crippen molar-refractivity contribution in [1.29, 1.82) is 0 Å². The molecule has 6 heteroatoms. The summed E-state index contributed by atoms with van der Waals surface area (Å²) in [5, 5.41) is 13.9. The number of nitrogens with zero attached hydrogens (tertiary/aromatic N) is 3. The molecule has 1 fully saturated rings. The van der Waals surface area contributed by atoms with Crippen LogP contribution >= 0.6 is 11.8 Å². The molecule has 1 saturated carbocycles. The van der Waals surface area contributed by atoms with E-state index < -0.39 is 5.97 Å². The van der Waals surface area contributed by atoms with E-state index in [-0.39, 0.29) is 5.56 Å². The number of rotatable bonds is 4. The van der Waals surface area contributed by atoms with Gasteiger partial charge in [0.25, 0.3) is 0 Å². The van der Waals surface area contributed by atoms with E-state index in [4.69, 9.17) is 0 Å². The van der Waals surface area contributed by atoms with Crippen LogP contribution in [0.2, 0.25) is 0 Å². The Morgan fingerprint density at radius 3 is 2.16 bits per heavy atom. The first kappa shape index (κ1) is 24.9. The SMILES string of the molecule is CC.CC.CSc1ccc(-c2cnc3c(C(=O)O)cnn3c2C2CCCCCC2)cc1. The Morgan fingerprint density at radius 2 is 1.61 bits per heavy atom. The molecule has 3 aromatic rings. The predicted molar refractivity (Wildman–Crippen MR) is 130 cm³/mol. The van der Waals surface area contributed by atoms with Gasteiger partial charge in [-0.2, -0.15) is 5.10 Å². The van der Waals surface area contributed by atoms with Gasteiger partial charge in [0.15, 0.2) is 5.65 Å². The lowest BCUT2D eigenvalue weighted by molar-refractivity contribution is 0.0698. The zero-order valence-electron chi connectivity index (χ0n) is 19.4. The van der Waals surface area contributed by atoms with Crippen LogP contribution < -0.4 is 0 Å². The molecule has 0 bridgehead atoms. The van der Waals surface area contributed by atoms with Gasteiger partial charge in [-0.05, 0) is 36.8 Å². The molecule has 2 aromatic heterocycles. The number of carbonyl (C=O) groups is 1. The smallest absolute Gasteiger partial charge is 0.341 e. The lowest BCUT2D eigenvalue weighted by Crippen LogP contribution is -2.10. The highest BCUT2D eigenvalue weighted by molar-refractivity contribution is 7.98. The van der Waals surface area contributed by atoms with Crippen molar-refractivity contribution < 1.29 is 9.90 Å². The number of hydrogen-bond acceptors (Lipinski definition) is 4. The Kier molecular flexibility index (Phi) is 10.0. The normalized spacial score (nSPS) is 14.1. The summed E-state index contributed by atoms with van der Waals surface area (Å²) in [6.07, 6.45) is 12.5. The lowest BCUT2D eigenvalue weighted by Gasteiger charge is -2.20. The molecular weight excluding hydrogens is 406 g/mol. The van der Waals surface area contributed by atoms with E-state index in [0.29, 0.717) is 11.6 Å². The van der Waals surface area contributed by atoms with Crippen LogP contribution in [0.5, 0.6) is 0 Å². The van der Waals surface area contributed by atoms with Crippen molar-refractivity contribution in [3.05, 3.63) is 47.9 Å². The van der Waals surface area contributed by atoms with E-state index in [1.54, 1.807) is 16.3 Å². The molecule has 31 heavy (non-hydrogen) atoms. The fourth-order valence-electron chi connectivity index (χ4n) is 4.04. The Hall–Kier alpha value is -2.34. The summed E-state index contributed by atoms with van der Waals surface area (Å²) in [5.41, 5.74) is 3.86. The van der Waals surface area contributed by atoms with Crippen LogP contribution in [0, 0.1) is 0 Å². The van der Waals surface area contributed by atoms with Crippen LogP contribution in [0.3, 0.4) is 0 Å². The van der Waals surface area contributed by atoms with Gasteiger partial charge in [0.05, 0.1) is 11.9 Å². The molecule has 1 N–H and O–H groups in total. The quantitative estimate of drug-likeness (QED) is 0.340. The van der Waals surface area contributed by atoms with Gasteiger partial charge in [0.2, 0.25) is 0 Å². The maximum Gasteiger partial charge on any atom is 0.341 e. The van der Waals surface area contributed by atoms with E-state index in [0.717, 1.165) is 29.7 Å². The minimum atomic E-state index is -0.985. The van der Waals surface area contributed by atoms with E-state index in [9.17, 15) is 9.90 Å². The van der Waals surface area contributed by atoms with E-state index in [1.165, 1.54) is 36.8 Å². The average Bonchev–Trinajstić information content (AvgIpc) is 3.08. The first-order valence-electron chi connectivity index (χ1n) is 11.4. The Morgan fingerprint density at radius 1 is 1.00 bits per heavy atom. The number of aromatic carboxylic acids is 1. The van der Waals surface area contributed by atoms with E-state index in [1.807, 2.05) is 33.9 Å². The van der Waals surface area contributed by atoms with Crippen molar-refractivity contribution >= 4 is 23.4 Å². The van der Waals surface area contributed by atoms with Gasteiger partial charge in [-0.3, -0.25) is 0 Å². The third kappa shape index (κ3) is 5.67. The van der Waals surface area contributed by atoms with Crippen molar-refractivity contribution in [2.45, 2.75) is 77.0 Å². The van der Waals surface area contributed by atoms with Crippen molar-refractivity contribution in [3.8, 4) is 11.1 Å². The molecule has 1 aliphatic rings. The van der Waals surface area contributed by atoms with Gasteiger partial charge in [0.1, 0.15) is 5.56 Å². The summed E-state index contributed by atoms with van der Waals surface area (Å²) < 4.78 is 1.78. The molecule has 0 radical (unpaired) electrons. The summed E-state index contributed by atoms with van der Waals surface area (Å²) >= 11 is 1.72. The number of hydrogen-bond donors (Lipinski definition) is 1. The monoisotopic (exact) mass is 441 g/mol. The minimum absolute atomic E-state index is 0.161. The van der Waals surface area contributed by atoms with Crippen LogP contribution in [-0.4, -0.2) is 31.9 Å². The van der Waals surface area contributed by atoms with Crippen molar-refractivity contribution in [2.24, 2.45) is 0 Å². The van der Waals surface area contributed by atoms with Gasteiger partial charge < -0.3 is 5.11 Å². The summed E-state index contributed by atoms with van der Waals surface area (Å²) in [6, 6.07) is 8.48. The standard InChI is InChI=1S/C21H23N3O2S.2C2H6/c1-27-16-10-8-14(9-11-16)17-12-22-20-18(21(25)26)13-23-24(20)19(17)15-6-4-2-3-5-7-15;2*1-2/h8-13,15H,2-7H2,1H3,(H,25,26);2*1-2H3. The van der Waals surface area contributed by atoms with Gasteiger partial charge in [-0.25, -0.2) is 14.3 Å². The molecule has 168 valence electrons. The van der Waals surface area contributed by atoms with E-state index >= 15 is 0 Å². The molecule has 0 spiro atoms. The van der Waals surface area contributed by atoms with Crippen LogP contribution in [-0.2, 0) is 0 Å². The topological polar surface area (TPSA) is 67.5 Å². The first-order chi connectivity index (χ1) is 15.2. The van der Waals surface area contributed by atoms with Gasteiger partial charge in [0, 0.05) is 22.6 Å². The second kappa shape index (κ2) is 12.5. The van der Waals surface area contributed by atoms with Gasteiger partial charge in [-0.15, -0.1) is 11.8 Å².